The molecular weight excluding hydrogens is 745 g/mol. The number of amides is 1. The van der Waals surface area contributed by atoms with E-state index < -0.39 is 67.1 Å². The van der Waals surface area contributed by atoms with Crippen molar-refractivity contribution in [3.63, 3.8) is 0 Å². The van der Waals surface area contributed by atoms with Gasteiger partial charge < -0.3 is 20.2 Å². The second-order valence-corrected chi connectivity index (χ2v) is 16.1. The van der Waals surface area contributed by atoms with Gasteiger partial charge in [0.1, 0.15) is 5.75 Å². The van der Waals surface area contributed by atoms with E-state index in [1.54, 1.807) is 24.3 Å². The van der Waals surface area contributed by atoms with Gasteiger partial charge in [-0.25, -0.2) is 13.2 Å². The molecule has 2 heterocycles. The summed E-state index contributed by atoms with van der Waals surface area (Å²) in [6.07, 6.45) is 0.467. The molecule has 0 radical (unpaired) electrons. The van der Waals surface area contributed by atoms with Gasteiger partial charge in [0.05, 0.1) is 11.5 Å². The van der Waals surface area contributed by atoms with Crippen molar-refractivity contribution >= 4 is 33.5 Å². The number of fused-ring (bicyclic) bond motifs is 2. The predicted octanol–water partition coefficient (Wildman–Crippen LogP) is 7.62. The maximum absolute atomic E-state index is 17.1. The van der Waals surface area contributed by atoms with Gasteiger partial charge in [-0.15, -0.1) is 0 Å². The molecule has 0 spiro atoms. The van der Waals surface area contributed by atoms with E-state index in [-0.39, 0.29) is 24.6 Å². The van der Waals surface area contributed by atoms with Crippen LogP contribution in [0.15, 0.2) is 77.7 Å². The zero-order valence-electron chi connectivity index (χ0n) is 28.5. The number of halogens is 6. The largest absolute Gasteiger partial charge is 0.493 e. The molecule has 3 atom stereocenters. The van der Waals surface area contributed by atoms with E-state index in [0.717, 1.165) is 61.3 Å². The normalized spacial score (nSPS) is 21.7. The number of nitrogens with two attached hydrogens (primary N) is 1. The lowest BCUT2D eigenvalue weighted by atomic mass is 9.90. The van der Waals surface area contributed by atoms with Crippen LogP contribution in [0, 0.1) is 5.92 Å². The van der Waals surface area contributed by atoms with Gasteiger partial charge in [-0.05, 0) is 96.4 Å². The molecule has 3 fully saturated rings. The molecule has 3 aliphatic rings. The van der Waals surface area contributed by atoms with Crippen LogP contribution in [0.1, 0.15) is 63.4 Å². The molecule has 286 valence electrons. The van der Waals surface area contributed by atoms with Crippen molar-refractivity contribution in [2.24, 2.45) is 11.7 Å². The summed E-state index contributed by atoms with van der Waals surface area (Å²) in [5, 5.41) is 0.433. The number of hydroxylamine groups is 1. The van der Waals surface area contributed by atoms with Gasteiger partial charge in [-0.1, -0.05) is 67.3 Å². The number of sulfonamides is 1. The van der Waals surface area contributed by atoms with E-state index in [4.69, 9.17) is 22.1 Å². The molecule has 0 aromatic heterocycles. The molecule has 1 saturated carbocycles. The SMILES string of the molecule is NC1CC2CCC(C1)N2C(=O)[C@@H](N(OC(=O)C(F)(F)F)S(=O)(=O)c1ccc(OCC2CCCCC2)cc1)C(F)(F)c1ccc(-c2ccc(Cl)cc2)cc1. The molecule has 1 amide bonds. The lowest BCUT2D eigenvalue weighted by Crippen LogP contribution is -2.62. The molecule has 6 rings (SSSR count). The summed E-state index contributed by atoms with van der Waals surface area (Å²) >= 11 is 5.96. The van der Waals surface area contributed by atoms with Crippen LogP contribution in [0.2, 0.25) is 5.02 Å². The number of hydrogen-bond donors (Lipinski definition) is 1. The molecule has 2 saturated heterocycles. The van der Waals surface area contributed by atoms with Crippen LogP contribution >= 0.6 is 11.6 Å². The predicted molar refractivity (Wildman–Crippen MR) is 185 cm³/mol. The first kappa shape index (κ1) is 38.9. The Balaban J connectivity index is 1.41. The number of rotatable bonds is 11. The Morgan fingerprint density at radius 2 is 1.38 bits per heavy atom. The third-order valence-electron chi connectivity index (χ3n) is 10.2. The average Bonchev–Trinajstić information content (AvgIpc) is 3.41. The van der Waals surface area contributed by atoms with Crippen molar-refractivity contribution in [1.29, 1.82) is 0 Å². The smallest absolute Gasteiger partial charge is 0.492 e. The zero-order valence-corrected chi connectivity index (χ0v) is 30.1. The van der Waals surface area contributed by atoms with Crippen LogP contribution < -0.4 is 10.5 Å². The summed E-state index contributed by atoms with van der Waals surface area (Å²) in [5.74, 6) is -8.66. The van der Waals surface area contributed by atoms with Gasteiger partial charge in [0, 0.05) is 28.7 Å². The number of benzene rings is 3. The lowest BCUT2D eigenvalue weighted by molar-refractivity contribution is -0.240. The molecule has 53 heavy (non-hydrogen) atoms. The maximum Gasteiger partial charge on any atom is 0.492 e. The molecule has 9 nitrogen and oxygen atoms in total. The molecule has 16 heteroatoms. The van der Waals surface area contributed by atoms with Gasteiger partial charge in [0.15, 0.2) is 0 Å². The Bertz CT molecular complexity index is 1860. The Morgan fingerprint density at radius 1 is 0.830 bits per heavy atom. The van der Waals surface area contributed by atoms with Gasteiger partial charge >= 0.3 is 18.1 Å². The van der Waals surface area contributed by atoms with E-state index in [1.807, 2.05) is 0 Å². The van der Waals surface area contributed by atoms with Crippen LogP contribution in [-0.4, -0.2) is 66.6 Å². The van der Waals surface area contributed by atoms with Crippen LogP contribution in [-0.2, 0) is 30.4 Å². The van der Waals surface area contributed by atoms with Crippen LogP contribution in [0.5, 0.6) is 5.75 Å². The number of nitrogens with zero attached hydrogens (tertiary/aromatic N) is 2. The van der Waals surface area contributed by atoms with E-state index in [1.165, 1.54) is 24.3 Å². The highest BCUT2D eigenvalue weighted by molar-refractivity contribution is 7.89. The minimum atomic E-state index is -5.81. The number of alkyl halides is 5. The number of piperidine rings is 1. The fourth-order valence-electron chi connectivity index (χ4n) is 7.54. The van der Waals surface area contributed by atoms with E-state index >= 15 is 8.78 Å². The topological polar surface area (TPSA) is 119 Å². The maximum atomic E-state index is 17.1. The summed E-state index contributed by atoms with van der Waals surface area (Å²) in [6, 6.07) is 10.1. The summed E-state index contributed by atoms with van der Waals surface area (Å²) in [5.41, 5.74) is 6.26. The van der Waals surface area contributed by atoms with E-state index in [2.05, 4.69) is 4.84 Å². The summed E-state index contributed by atoms with van der Waals surface area (Å²) in [7, 11) is -5.59. The molecule has 2 unspecified atom stereocenters. The fourth-order valence-corrected chi connectivity index (χ4v) is 9.02. The van der Waals surface area contributed by atoms with Gasteiger partial charge in [0.2, 0.25) is 6.04 Å². The van der Waals surface area contributed by atoms with Crippen molar-refractivity contribution in [1.82, 2.24) is 9.37 Å². The van der Waals surface area contributed by atoms with E-state index in [0.29, 0.717) is 41.5 Å². The first-order chi connectivity index (χ1) is 25.1. The molecule has 2 bridgehead atoms. The van der Waals surface area contributed by atoms with Crippen LogP contribution in [0.4, 0.5) is 22.0 Å². The van der Waals surface area contributed by atoms with Crippen molar-refractivity contribution in [3.05, 3.63) is 83.4 Å². The zero-order chi connectivity index (χ0) is 38.1. The second kappa shape index (κ2) is 15.5. The molecule has 3 aromatic carbocycles. The first-order valence-electron chi connectivity index (χ1n) is 17.4. The highest BCUT2D eigenvalue weighted by atomic mass is 35.5. The molecule has 2 aliphatic heterocycles. The average molecular weight is 784 g/mol. The Morgan fingerprint density at radius 3 is 1.92 bits per heavy atom. The molecular formula is C37H39ClF5N3O6S. The third-order valence-corrected chi connectivity index (χ3v) is 12.1. The second-order valence-electron chi connectivity index (χ2n) is 13.9. The van der Waals surface area contributed by atoms with Crippen molar-refractivity contribution < 1.29 is 49.5 Å². The van der Waals surface area contributed by atoms with Crippen molar-refractivity contribution in [2.75, 3.05) is 6.61 Å². The summed E-state index contributed by atoms with van der Waals surface area (Å²) in [6.45, 7) is 0.350. The first-order valence-corrected chi connectivity index (χ1v) is 19.3. The molecule has 2 N–H and O–H groups in total. The van der Waals surface area contributed by atoms with Gasteiger partial charge in [0.25, 0.3) is 15.9 Å². The number of ether oxygens (including phenoxy) is 1. The number of hydrogen-bond acceptors (Lipinski definition) is 7. The number of carbonyl (C=O) groups excluding carboxylic acids is 2. The minimum Gasteiger partial charge on any atom is -0.493 e. The molecule has 3 aromatic rings. The van der Waals surface area contributed by atoms with E-state index in [9.17, 15) is 31.2 Å². The Labute approximate surface area is 309 Å². The fraction of sp³-hybridized carbons (Fsp3) is 0.459. The summed E-state index contributed by atoms with van der Waals surface area (Å²) in [4.78, 5) is 31.4. The standard InChI is InChI=1S/C37H39ClF5N3O6S/c38-27-12-8-25(9-13-27)24-6-10-26(11-7-24)36(39,40)33(34(47)45-29-14-15-30(45)21-28(44)20-29)46(52-35(48)37(41,42)43)53(49,50)32-18-16-31(17-19-32)51-22-23-4-2-1-3-5-23/h6-13,16-19,23,28-30,33H,1-5,14-15,20-22,44H2/t28?,29?,30?,33-/m1/s1. The minimum absolute atomic E-state index is 0.202. The number of carbonyl (C=O) groups is 2. The third kappa shape index (κ3) is 8.48. The highest BCUT2D eigenvalue weighted by Gasteiger charge is 2.60. The van der Waals surface area contributed by atoms with Crippen LogP contribution in [0.3, 0.4) is 0 Å². The molecule has 1 aliphatic carbocycles. The van der Waals surface area contributed by atoms with Crippen molar-refractivity contribution in [2.45, 2.75) is 98.9 Å². The van der Waals surface area contributed by atoms with Gasteiger partial charge in [-0.3, -0.25) is 4.79 Å². The summed E-state index contributed by atoms with van der Waals surface area (Å²) < 4.78 is 109. The van der Waals surface area contributed by atoms with Crippen LogP contribution in [0.25, 0.3) is 11.1 Å². The highest BCUT2D eigenvalue weighted by Crippen LogP contribution is 2.43. The monoisotopic (exact) mass is 783 g/mol. The Kier molecular flexibility index (Phi) is 11.4. The lowest BCUT2D eigenvalue weighted by Gasteiger charge is -2.42. The van der Waals surface area contributed by atoms with Crippen molar-refractivity contribution in [3.8, 4) is 16.9 Å². The Hall–Kier alpha value is -3.79. The quantitative estimate of drug-likeness (QED) is 0.157. The van der Waals surface area contributed by atoms with Gasteiger partial charge in [-0.2, -0.15) is 22.0 Å².